The molecule has 1 saturated heterocycles. The molecule has 194 valence electrons. The lowest BCUT2D eigenvalue weighted by Gasteiger charge is -2.31. The quantitative estimate of drug-likeness (QED) is 0.397. The van der Waals surface area contributed by atoms with Crippen molar-refractivity contribution in [2.45, 2.75) is 38.3 Å². The molecule has 8 heteroatoms. The van der Waals surface area contributed by atoms with E-state index in [1.807, 2.05) is 66.7 Å². The Hall–Kier alpha value is -3.94. The zero-order valence-corrected chi connectivity index (χ0v) is 21.3. The number of ether oxygens (including phenoxy) is 1. The third-order valence-electron chi connectivity index (χ3n) is 7.15. The van der Waals surface area contributed by atoms with Gasteiger partial charge in [-0.3, -0.25) is 24.1 Å². The average Bonchev–Trinajstić information content (AvgIpc) is 3.18. The first kappa shape index (κ1) is 26.1. The molecule has 0 unspecified atom stereocenters. The number of allylic oxidation sites excluding steroid dienone is 2. The summed E-state index contributed by atoms with van der Waals surface area (Å²) in [6.07, 6.45) is 5.25. The maximum absolute atomic E-state index is 13.7. The van der Waals surface area contributed by atoms with Crippen LogP contribution in [0.25, 0.3) is 0 Å². The number of benzene rings is 2. The first-order chi connectivity index (χ1) is 17.9. The molecule has 8 nitrogen and oxygen atoms in total. The molecular weight excluding hydrogens is 470 g/mol. The SMILES string of the molecule is CNC(=O)[C@@H](Cc1ccccc1)N(Cc1cccc(OC)c1)C(=O)CCN1C(=O)[C@H]2CC=CC[C@H]2C1=O. The molecule has 4 amide bonds. The zero-order valence-electron chi connectivity index (χ0n) is 21.3. The summed E-state index contributed by atoms with van der Waals surface area (Å²) in [4.78, 5) is 55.3. The Morgan fingerprint density at radius 1 is 1.00 bits per heavy atom. The van der Waals surface area contributed by atoms with Gasteiger partial charge in [0.05, 0.1) is 18.9 Å². The first-order valence-corrected chi connectivity index (χ1v) is 12.6. The Balaban J connectivity index is 1.57. The van der Waals surface area contributed by atoms with Crippen molar-refractivity contribution in [3.63, 3.8) is 0 Å². The standard InChI is InChI=1S/C29H33N3O5/c1-30-27(34)25(18-20-9-4-3-5-10-20)32(19-21-11-8-12-22(17-21)37-2)26(33)15-16-31-28(35)23-13-6-7-14-24(23)29(31)36/h3-12,17,23-25H,13-16,18-19H2,1-2H3,(H,30,34)/t23-,24+,25-/m1/s1. The van der Waals surface area contributed by atoms with Crippen molar-refractivity contribution in [2.75, 3.05) is 20.7 Å². The van der Waals surface area contributed by atoms with Gasteiger partial charge in [0.2, 0.25) is 23.6 Å². The summed E-state index contributed by atoms with van der Waals surface area (Å²) in [5, 5.41) is 2.69. The summed E-state index contributed by atoms with van der Waals surface area (Å²) in [6.45, 7) is 0.182. The lowest BCUT2D eigenvalue weighted by atomic mass is 9.85. The number of carbonyl (C=O) groups is 4. The lowest BCUT2D eigenvalue weighted by molar-refractivity contribution is -0.144. The van der Waals surface area contributed by atoms with Crippen LogP contribution in [-0.4, -0.2) is 60.2 Å². The topological polar surface area (TPSA) is 96.0 Å². The Kier molecular flexibility index (Phi) is 8.38. The van der Waals surface area contributed by atoms with Crippen molar-refractivity contribution in [1.82, 2.24) is 15.1 Å². The van der Waals surface area contributed by atoms with Crippen LogP contribution in [-0.2, 0) is 32.1 Å². The minimum atomic E-state index is -0.775. The molecule has 0 aromatic heterocycles. The largest absolute Gasteiger partial charge is 0.497 e. The molecule has 2 aliphatic rings. The average molecular weight is 504 g/mol. The van der Waals surface area contributed by atoms with E-state index in [9.17, 15) is 19.2 Å². The van der Waals surface area contributed by atoms with Crippen molar-refractivity contribution >= 4 is 23.6 Å². The number of rotatable bonds is 10. The molecule has 3 atom stereocenters. The molecule has 2 aromatic rings. The predicted octanol–water partition coefficient (Wildman–Crippen LogP) is 2.72. The smallest absolute Gasteiger partial charge is 0.242 e. The Morgan fingerprint density at radius 3 is 2.27 bits per heavy atom. The van der Waals surface area contributed by atoms with Crippen LogP contribution in [0.2, 0.25) is 0 Å². The van der Waals surface area contributed by atoms with E-state index in [1.165, 1.54) is 4.90 Å². The molecule has 0 bridgehead atoms. The number of amides is 4. The third kappa shape index (κ3) is 5.90. The van der Waals surface area contributed by atoms with Crippen LogP contribution in [0.4, 0.5) is 0 Å². The normalized spacial score (nSPS) is 19.4. The molecular formula is C29H33N3O5. The molecule has 2 aromatic carbocycles. The monoisotopic (exact) mass is 503 g/mol. The highest BCUT2D eigenvalue weighted by Crippen LogP contribution is 2.35. The van der Waals surface area contributed by atoms with Gasteiger partial charge < -0.3 is 15.0 Å². The molecule has 37 heavy (non-hydrogen) atoms. The Labute approximate surface area is 217 Å². The van der Waals surface area contributed by atoms with Gasteiger partial charge in [0.15, 0.2) is 0 Å². The molecule has 1 aliphatic heterocycles. The van der Waals surface area contributed by atoms with E-state index in [4.69, 9.17) is 4.74 Å². The number of imide groups is 1. The van der Waals surface area contributed by atoms with Gasteiger partial charge in [-0.25, -0.2) is 0 Å². The number of carbonyl (C=O) groups excluding carboxylic acids is 4. The first-order valence-electron chi connectivity index (χ1n) is 12.6. The minimum absolute atomic E-state index is 0.00388. The van der Waals surface area contributed by atoms with E-state index >= 15 is 0 Å². The van der Waals surface area contributed by atoms with Crippen LogP contribution < -0.4 is 10.1 Å². The molecule has 0 spiro atoms. The number of likely N-dealkylation sites (N-methyl/N-ethyl adjacent to an activating group) is 1. The molecule has 1 heterocycles. The van der Waals surface area contributed by atoms with Crippen LogP contribution in [0.5, 0.6) is 5.75 Å². The molecule has 1 fully saturated rings. The van der Waals surface area contributed by atoms with E-state index in [0.717, 1.165) is 11.1 Å². The summed E-state index contributed by atoms with van der Waals surface area (Å²) in [5.74, 6) is -1.04. The Morgan fingerprint density at radius 2 is 1.65 bits per heavy atom. The fraction of sp³-hybridized carbons (Fsp3) is 0.379. The van der Waals surface area contributed by atoms with E-state index in [2.05, 4.69) is 5.32 Å². The minimum Gasteiger partial charge on any atom is -0.497 e. The highest BCUT2D eigenvalue weighted by molar-refractivity contribution is 6.05. The van der Waals surface area contributed by atoms with Crippen molar-refractivity contribution in [3.8, 4) is 5.75 Å². The molecule has 0 saturated carbocycles. The second-order valence-electron chi connectivity index (χ2n) is 9.43. The molecule has 4 rings (SSSR count). The summed E-state index contributed by atoms with van der Waals surface area (Å²) < 4.78 is 5.34. The lowest BCUT2D eigenvalue weighted by Crippen LogP contribution is -2.50. The van der Waals surface area contributed by atoms with Crippen molar-refractivity contribution in [3.05, 3.63) is 77.9 Å². The summed E-state index contributed by atoms with van der Waals surface area (Å²) in [6, 6.07) is 16.1. The van der Waals surface area contributed by atoms with Crippen LogP contribution in [0.15, 0.2) is 66.7 Å². The van der Waals surface area contributed by atoms with Crippen molar-refractivity contribution in [1.29, 1.82) is 0 Å². The molecule has 1 N–H and O–H groups in total. The number of hydrogen-bond donors (Lipinski definition) is 1. The fourth-order valence-corrected chi connectivity index (χ4v) is 5.13. The number of methoxy groups -OCH3 is 1. The van der Waals surface area contributed by atoms with E-state index in [-0.39, 0.29) is 55.0 Å². The summed E-state index contributed by atoms with van der Waals surface area (Å²) in [5.41, 5.74) is 1.72. The van der Waals surface area contributed by atoms with Gasteiger partial charge in [-0.15, -0.1) is 0 Å². The van der Waals surface area contributed by atoms with Crippen LogP contribution in [0.1, 0.15) is 30.4 Å². The number of likely N-dealkylation sites (tertiary alicyclic amines) is 1. The van der Waals surface area contributed by atoms with Gasteiger partial charge in [0.1, 0.15) is 11.8 Å². The summed E-state index contributed by atoms with van der Waals surface area (Å²) >= 11 is 0. The van der Waals surface area contributed by atoms with E-state index in [1.54, 1.807) is 19.1 Å². The van der Waals surface area contributed by atoms with Gasteiger partial charge >= 0.3 is 0 Å². The van der Waals surface area contributed by atoms with Crippen LogP contribution >= 0.6 is 0 Å². The van der Waals surface area contributed by atoms with Gasteiger partial charge in [0, 0.05) is 33.0 Å². The fourth-order valence-electron chi connectivity index (χ4n) is 5.13. The molecule has 1 aliphatic carbocycles. The number of hydrogen-bond acceptors (Lipinski definition) is 5. The summed E-state index contributed by atoms with van der Waals surface area (Å²) in [7, 11) is 3.12. The maximum Gasteiger partial charge on any atom is 0.242 e. The number of nitrogens with zero attached hydrogens (tertiary/aromatic N) is 2. The second kappa shape index (κ2) is 11.9. The van der Waals surface area contributed by atoms with E-state index < -0.39 is 6.04 Å². The van der Waals surface area contributed by atoms with Gasteiger partial charge in [-0.2, -0.15) is 0 Å². The van der Waals surface area contributed by atoms with Crippen molar-refractivity contribution < 1.29 is 23.9 Å². The second-order valence-corrected chi connectivity index (χ2v) is 9.43. The highest BCUT2D eigenvalue weighted by atomic mass is 16.5. The highest BCUT2D eigenvalue weighted by Gasteiger charge is 2.47. The Bertz CT molecular complexity index is 1150. The van der Waals surface area contributed by atoms with Crippen molar-refractivity contribution in [2.24, 2.45) is 11.8 Å². The zero-order chi connectivity index (χ0) is 26.4. The van der Waals surface area contributed by atoms with Gasteiger partial charge in [-0.05, 0) is 36.1 Å². The maximum atomic E-state index is 13.7. The van der Waals surface area contributed by atoms with Gasteiger partial charge in [0.25, 0.3) is 0 Å². The van der Waals surface area contributed by atoms with E-state index in [0.29, 0.717) is 25.0 Å². The van der Waals surface area contributed by atoms with Gasteiger partial charge in [-0.1, -0.05) is 54.6 Å². The number of fused-ring (bicyclic) bond motifs is 1. The van der Waals surface area contributed by atoms with Crippen LogP contribution in [0, 0.1) is 11.8 Å². The number of nitrogens with one attached hydrogen (secondary N) is 1. The molecule has 0 radical (unpaired) electrons. The predicted molar refractivity (Wildman–Crippen MR) is 138 cm³/mol. The van der Waals surface area contributed by atoms with Crippen LogP contribution in [0.3, 0.4) is 0 Å². The third-order valence-corrected chi connectivity index (χ3v) is 7.15.